The monoisotopic (exact) mass is 387 g/mol. The number of rotatable bonds is 4. The van der Waals surface area contributed by atoms with Gasteiger partial charge in [0.15, 0.2) is 0 Å². The Hall–Kier alpha value is -1.58. The second kappa shape index (κ2) is 7.68. The van der Waals surface area contributed by atoms with Crippen LogP contribution in [0.2, 0.25) is 0 Å². The fourth-order valence-electron chi connectivity index (χ4n) is 6.30. The highest BCUT2D eigenvalue weighted by molar-refractivity contribution is 5.85. The molecule has 0 aromatic rings. The summed E-state index contributed by atoms with van der Waals surface area (Å²) in [5.74, 6) is -0.108. The molecule has 4 heteroatoms. The van der Waals surface area contributed by atoms with Crippen molar-refractivity contribution >= 4 is 11.9 Å². The van der Waals surface area contributed by atoms with Gasteiger partial charge in [-0.1, -0.05) is 51.3 Å². The predicted molar refractivity (Wildman–Crippen MR) is 112 cm³/mol. The first-order valence-corrected chi connectivity index (χ1v) is 11.0. The number of carboxylic acids is 1. The molecule has 2 fully saturated rings. The van der Waals surface area contributed by atoms with Crippen molar-refractivity contribution in [2.24, 2.45) is 28.1 Å². The van der Waals surface area contributed by atoms with Crippen LogP contribution in [0.4, 0.5) is 0 Å². The summed E-state index contributed by atoms with van der Waals surface area (Å²) in [4.78, 5) is 23.9. The van der Waals surface area contributed by atoms with Gasteiger partial charge >= 0.3 is 5.97 Å². The summed E-state index contributed by atoms with van der Waals surface area (Å²) in [7, 11) is 0. The summed E-state index contributed by atoms with van der Waals surface area (Å²) < 4.78 is 0. The summed E-state index contributed by atoms with van der Waals surface area (Å²) in [6.45, 7) is 10.6. The SMILES string of the molecule is C=C[C@@]1(C)CC=C2C(CCCC3C[C@@]2(C)CCC[C@@]3(C)C(=O)NCC(=O)O)C1. The van der Waals surface area contributed by atoms with Crippen LogP contribution < -0.4 is 5.32 Å². The highest BCUT2D eigenvalue weighted by atomic mass is 16.4. The molecule has 0 spiro atoms. The van der Waals surface area contributed by atoms with Gasteiger partial charge in [0.05, 0.1) is 0 Å². The highest BCUT2D eigenvalue weighted by Gasteiger charge is 2.50. The number of allylic oxidation sites excluding steroid dienone is 3. The van der Waals surface area contributed by atoms with Crippen molar-refractivity contribution in [3.05, 3.63) is 24.3 Å². The van der Waals surface area contributed by atoms with Crippen molar-refractivity contribution in [1.82, 2.24) is 5.32 Å². The maximum Gasteiger partial charge on any atom is 0.322 e. The van der Waals surface area contributed by atoms with Crippen molar-refractivity contribution in [2.45, 2.75) is 78.6 Å². The third-order valence-electron chi connectivity index (χ3n) is 8.18. The standard InChI is InChI=1S/C24H37NO3/c1-5-22(2)13-10-19-17(14-22)8-6-9-18-15-23(19,3)11-7-12-24(18,4)21(28)25-16-20(26)27/h5,10,17-18H,1,6-9,11-16H2,2-4H3,(H,25,28)(H,26,27)/t17?,18?,22-,23+,24+/m0/s1. The van der Waals surface area contributed by atoms with Gasteiger partial charge in [-0.3, -0.25) is 9.59 Å². The zero-order valence-corrected chi connectivity index (χ0v) is 17.9. The Kier molecular flexibility index (Phi) is 5.80. The molecule has 2 N–H and O–H groups in total. The first kappa shape index (κ1) is 21.1. The molecule has 0 aliphatic heterocycles. The number of carbonyl (C=O) groups is 2. The number of carbonyl (C=O) groups excluding carboxylic acids is 1. The van der Waals surface area contributed by atoms with E-state index in [1.165, 1.54) is 12.8 Å². The third-order valence-corrected chi connectivity index (χ3v) is 8.18. The molecule has 0 aromatic heterocycles. The molecule has 2 bridgehead atoms. The van der Waals surface area contributed by atoms with Crippen molar-refractivity contribution in [3.8, 4) is 0 Å². The minimum Gasteiger partial charge on any atom is -0.480 e. The number of hydrogen-bond acceptors (Lipinski definition) is 2. The molecule has 0 radical (unpaired) electrons. The Bertz CT molecular complexity index is 683. The third kappa shape index (κ3) is 3.92. The molecule has 0 aromatic carbocycles. The Morgan fingerprint density at radius 2 is 1.96 bits per heavy atom. The minimum atomic E-state index is -0.978. The van der Waals surface area contributed by atoms with E-state index in [-0.39, 0.29) is 23.3 Å². The van der Waals surface area contributed by atoms with Gasteiger partial charge in [0.1, 0.15) is 6.54 Å². The number of fused-ring (bicyclic) bond motifs is 4. The molecule has 0 heterocycles. The van der Waals surface area contributed by atoms with E-state index >= 15 is 0 Å². The molecule has 2 saturated carbocycles. The minimum absolute atomic E-state index is 0.0712. The van der Waals surface area contributed by atoms with Crippen LogP contribution in [-0.4, -0.2) is 23.5 Å². The lowest BCUT2D eigenvalue weighted by Gasteiger charge is -2.47. The van der Waals surface area contributed by atoms with E-state index in [2.05, 4.69) is 44.8 Å². The van der Waals surface area contributed by atoms with E-state index in [9.17, 15) is 9.59 Å². The highest BCUT2D eigenvalue weighted by Crippen LogP contribution is 2.57. The van der Waals surface area contributed by atoms with E-state index in [4.69, 9.17) is 5.11 Å². The van der Waals surface area contributed by atoms with Crippen LogP contribution in [0.25, 0.3) is 0 Å². The Morgan fingerprint density at radius 3 is 2.64 bits per heavy atom. The molecule has 2 unspecified atom stereocenters. The van der Waals surface area contributed by atoms with E-state index in [1.54, 1.807) is 5.57 Å². The van der Waals surface area contributed by atoms with Crippen LogP contribution in [-0.2, 0) is 9.59 Å². The van der Waals surface area contributed by atoms with E-state index in [0.29, 0.717) is 11.8 Å². The predicted octanol–water partition coefficient (Wildman–Crippen LogP) is 5.10. The van der Waals surface area contributed by atoms with E-state index in [1.807, 2.05) is 0 Å². The van der Waals surface area contributed by atoms with Gasteiger partial charge in [0.2, 0.25) is 5.91 Å². The molecular weight excluding hydrogens is 350 g/mol. The molecular formula is C24H37NO3. The molecule has 4 nitrogen and oxygen atoms in total. The van der Waals surface area contributed by atoms with Crippen LogP contribution >= 0.6 is 0 Å². The maximum atomic E-state index is 13.0. The van der Waals surface area contributed by atoms with Crippen molar-refractivity contribution in [3.63, 3.8) is 0 Å². The molecule has 28 heavy (non-hydrogen) atoms. The molecule has 3 aliphatic rings. The van der Waals surface area contributed by atoms with Crippen LogP contribution in [0.1, 0.15) is 78.6 Å². The van der Waals surface area contributed by atoms with Crippen molar-refractivity contribution in [1.29, 1.82) is 0 Å². The summed E-state index contributed by atoms with van der Waals surface area (Å²) in [5, 5.41) is 11.6. The lowest BCUT2D eigenvalue weighted by molar-refractivity contribution is -0.141. The Labute approximate surface area is 169 Å². The normalized spacial score (nSPS) is 40.8. The summed E-state index contributed by atoms with van der Waals surface area (Å²) in [6, 6.07) is 0. The Morgan fingerprint density at radius 1 is 1.21 bits per heavy atom. The maximum absolute atomic E-state index is 13.0. The van der Waals surface area contributed by atoms with Crippen molar-refractivity contribution < 1.29 is 14.7 Å². The van der Waals surface area contributed by atoms with Crippen LogP contribution in [0.15, 0.2) is 24.3 Å². The molecule has 3 rings (SSSR count). The number of nitrogens with one attached hydrogen (secondary N) is 1. The lowest BCUT2D eigenvalue weighted by atomic mass is 9.58. The fraction of sp³-hybridized carbons (Fsp3) is 0.750. The zero-order valence-electron chi connectivity index (χ0n) is 17.9. The second-order valence-electron chi connectivity index (χ2n) is 10.4. The van der Waals surface area contributed by atoms with Crippen LogP contribution in [0.3, 0.4) is 0 Å². The molecule has 156 valence electrons. The average Bonchev–Trinajstić information content (AvgIpc) is 2.77. The summed E-state index contributed by atoms with van der Waals surface area (Å²) in [6.07, 6.45) is 14.3. The zero-order chi connectivity index (χ0) is 20.6. The van der Waals surface area contributed by atoms with Gasteiger partial charge in [-0.25, -0.2) is 0 Å². The average molecular weight is 388 g/mol. The summed E-state index contributed by atoms with van der Waals surface area (Å²) in [5.41, 5.74) is 1.53. The van der Waals surface area contributed by atoms with Gasteiger partial charge in [-0.05, 0) is 67.6 Å². The Balaban J connectivity index is 1.88. The van der Waals surface area contributed by atoms with Gasteiger partial charge in [0, 0.05) is 5.41 Å². The van der Waals surface area contributed by atoms with Gasteiger partial charge in [-0.15, -0.1) is 6.58 Å². The summed E-state index contributed by atoms with van der Waals surface area (Å²) >= 11 is 0. The second-order valence-corrected chi connectivity index (χ2v) is 10.4. The van der Waals surface area contributed by atoms with Gasteiger partial charge < -0.3 is 10.4 Å². The van der Waals surface area contributed by atoms with E-state index < -0.39 is 11.4 Å². The number of amides is 1. The van der Waals surface area contributed by atoms with Gasteiger partial charge in [-0.2, -0.15) is 0 Å². The van der Waals surface area contributed by atoms with Crippen LogP contribution in [0.5, 0.6) is 0 Å². The molecule has 1 amide bonds. The lowest BCUT2D eigenvalue weighted by Crippen LogP contribution is -2.46. The van der Waals surface area contributed by atoms with Crippen molar-refractivity contribution in [2.75, 3.05) is 6.54 Å². The molecule has 5 atom stereocenters. The number of hydrogen-bond donors (Lipinski definition) is 2. The van der Waals surface area contributed by atoms with E-state index in [0.717, 1.165) is 44.9 Å². The fourth-order valence-corrected chi connectivity index (χ4v) is 6.30. The largest absolute Gasteiger partial charge is 0.480 e. The first-order valence-electron chi connectivity index (χ1n) is 11.0. The van der Waals surface area contributed by atoms with Crippen LogP contribution in [0, 0.1) is 28.1 Å². The topological polar surface area (TPSA) is 66.4 Å². The quantitative estimate of drug-likeness (QED) is 0.659. The van der Waals surface area contributed by atoms with Gasteiger partial charge in [0.25, 0.3) is 0 Å². The smallest absolute Gasteiger partial charge is 0.322 e. The number of carboxylic acid groups (broad SMARTS) is 1. The molecule has 3 aliphatic carbocycles. The number of aliphatic carboxylic acids is 1. The first-order chi connectivity index (χ1) is 13.1. The molecule has 0 saturated heterocycles.